The molecule has 0 spiro atoms. The minimum atomic E-state index is -3.74. The van der Waals surface area contributed by atoms with Crippen molar-refractivity contribution in [2.45, 2.75) is 6.04 Å². The fourth-order valence-corrected chi connectivity index (χ4v) is 3.36. The largest absolute Gasteiger partial charge is 0.480 e. The Morgan fingerprint density at radius 2 is 2.05 bits per heavy atom. The SMILES string of the molecule is O=C(O)C1CNCCN1S(=O)(=O)C=Cc1ccccc1. The molecule has 2 N–H and O–H groups in total. The third-order valence-corrected chi connectivity index (χ3v) is 4.61. The van der Waals surface area contributed by atoms with Gasteiger partial charge in [0.2, 0.25) is 10.0 Å². The van der Waals surface area contributed by atoms with Crippen LogP contribution >= 0.6 is 0 Å². The molecule has 0 aliphatic carbocycles. The predicted molar refractivity (Wildman–Crippen MR) is 75.4 cm³/mol. The van der Waals surface area contributed by atoms with Gasteiger partial charge in [-0.2, -0.15) is 4.31 Å². The van der Waals surface area contributed by atoms with Gasteiger partial charge < -0.3 is 10.4 Å². The monoisotopic (exact) mass is 296 g/mol. The van der Waals surface area contributed by atoms with Crippen LogP contribution < -0.4 is 5.32 Å². The second-order valence-corrected chi connectivity index (χ2v) is 6.20. The molecule has 20 heavy (non-hydrogen) atoms. The number of hydrogen-bond donors (Lipinski definition) is 2. The third kappa shape index (κ3) is 3.44. The molecule has 2 rings (SSSR count). The van der Waals surface area contributed by atoms with Crippen LogP contribution in [0.5, 0.6) is 0 Å². The van der Waals surface area contributed by atoms with Gasteiger partial charge in [-0.05, 0) is 11.6 Å². The molecule has 108 valence electrons. The van der Waals surface area contributed by atoms with E-state index in [0.29, 0.717) is 6.54 Å². The third-order valence-electron chi connectivity index (χ3n) is 3.04. The fourth-order valence-electron chi connectivity index (χ4n) is 2.01. The molecule has 0 saturated carbocycles. The first-order chi connectivity index (χ1) is 9.50. The molecule has 1 heterocycles. The van der Waals surface area contributed by atoms with E-state index in [2.05, 4.69) is 5.32 Å². The van der Waals surface area contributed by atoms with Crippen LogP contribution in [0.25, 0.3) is 6.08 Å². The molecule has 1 atom stereocenters. The van der Waals surface area contributed by atoms with Crippen molar-refractivity contribution in [3.8, 4) is 0 Å². The quantitative estimate of drug-likeness (QED) is 0.837. The van der Waals surface area contributed by atoms with Crippen molar-refractivity contribution in [2.24, 2.45) is 0 Å². The highest BCUT2D eigenvalue weighted by atomic mass is 32.2. The van der Waals surface area contributed by atoms with Gasteiger partial charge in [0.1, 0.15) is 6.04 Å². The maximum Gasteiger partial charge on any atom is 0.323 e. The van der Waals surface area contributed by atoms with Crippen LogP contribution in [0.3, 0.4) is 0 Å². The van der Waals surface area contributed by atoms with Crippen LogP contribution in [0, 0.1) is 0 Å². The first-order valence-corrected chi connectivity index (χ1v) is 7.69. The lowest BCUT2D eigenvalue weighted by molar-refractivity contribution is -0.141. The van der Waals surface area contributed by atoms with E-state index >= 15 is 0 Å². The Bertz CT molecular complexity index is 598. The molecule has 1 aliphatic rings. The Morgan fingerprint density at radius 3 is 2.70 bits per heavy atom. The first-order valence-electron chi connectivity index (χ1n) is 6.19. The van der Waals surface area contributed by atoms with Crippen LogP contribution in [0.2, 0.25) is 0 Å². The minimum Gasteiger partial charge on any atom is -0.480 e. The van der Waals surface area contributed by atoms with Crippen molar-refractivity contribution in [1.29, 1.82) is 0 Å². The van der Waals surface area contributed by atoms with Crippen LogP contribution in [0.1, 0.15) is 5.56 Å². The standard InChI is InChI=1S/C13H16N2O4S/c16-13(17)12-10-14-7-8-15(12)20(18,19)9-6-11-4-2-1-3-5-11/h1-6,9,12,14H,7-8,10H2,(H,16,17). The highest BCUT2D eigenvalue weighted by molar-refractivity contribution is 7.92. The molecule has 0 bridgehead atoms. The lowest BCUT2D eigenvalue weighted by Crippen LogP contribution is -2.56. The molecule has 0 aromatic heterocycles. The minimum absolute atomic E-state index is 0.119. The Hall–Kier alpha value is -1.70. The van der Waals surface area contributed by atoms with Crippen LogP contribution in [-0.2, 0) is 14.8 Å². The van der Waals surface area contributed by atoms with Crippen LogP contribution in [-0.4, -0.2) is 49.5 Å². The summed E-state index contributed by atoms with van der Waals surface area (Å²) in [4.78, 5) is 11.1. The van der Waals surface area contributed by atoms with E-state index in [-0.39, 0.29) is 13.1 Å². The zero-order valence-corrected chi connectivity index (χ0v) is 11.6. The summed E-state index contributed by atoms with van der Waals surface area (Å²) in [6, 6.07) is 7.93. The van der Waals surface area contributed by atoms with E-state index in [9.17, 15) is 13.2 Å². The number of carbonyl (C=O) groups is 1. The molecule has 1 unspecified atom stereocenters. The molecule has 0 radical (unpaired) electrons. The van der Waals surface area contributed by atoms with Gasteiger partial charge >= 0.3 is 5.97 Å². The molecular weight excluding hydrogens is 280 g/mol. The van der Waals surface area contributed by atoms with Crippen LogP contribution in [0.15, 0.2) is 35.7 Å². The Balaban J connectivity index is 2.20. The van der Waals surface area contributed by atoms with Gasteiger partial charge in [-0.15, -0.1) is 0 Å². The van der Waals surface area contributed by atoms with Gasteiger partial charge in [-0.1, -0.05) is 30.3 Å². The normalized spacial score (nSPS) is 21.1. The predicted octanol–water partition coefficient (Wildman–Crippen LogP) is 0.346. The van der Waals surface area contributed by atoms with Crippen molar-refractivity contribution in [1.82, 2.24) is 9.62 Å². The number of aliphatic carboxylic acids is 1. The molecule has 1 fully saturated rings. The fraction of sp³-hybridized carbons (Fsp3) is 0.308. The smallest absolute Gasteiger partial charge is 0.323 e. The molecule has 7 heteroatoms. The van der Waals surface area contributed by atoms with Gasteiger partial charge in [-0.3, -0.25) is 4.79 Å². The van der Waals surface area contributed by atoms with Gasteiger partial charge in [-0.25, -0.2) is 8.42 Å². The number of carboxylic acid groups (broad SMARTS) is 1. The topological polar surface area (TPSA) is 86.7 Å². The van der Waals surface area contributed by atoms with E-state index < -0.39 is 22.0 Å². The molecule has 6 nitrogen and oxygen atoms in total. The van der Waals surface area contributed by atoms with Gasteiger partial charge in [0.25, 0.3) is 0 Å². The second kappa shape index (κ2) is 6.17. The second-order valence-electron chi connectivity index (χ2n) is 4.43. The van der Waals surface area contributed by atoms with E-state index in [1.807, 2.05) is 6.07 Å². The number of carboxylic acids is 1. The molecule has 1 aliphatic heterocycles. The van der Waals surface area contributed by atoms with E-state index in [1.165, 1.54) is 6.08 Å². The van der Waals surface area contributed by atoms with Gasteiger partial charge in [0, 0.05) is 25.0 Å². The lowest BCUT2D eigenvalue weighted by Gasteiger charge is -2.31. The Morgan fingerprint density at radius 1 is 1.35 bits per heavy atom. The number of rotatable bonds is 4. The molecule has 1 aromatic rings. The number of nitrogens with zero attached hydrogens (tertiary/aromatic N) is 1. The summed E-state index contributed by atoms with van der Waals surface area (Å²) >= 11 is 0. The van der Waals surface area contributed by atoms with Crippen molar-refractivity contribution < 1.29 is 18.3 Å². The van der Waals surface area contributed by atoms with Crippen LogP contribution in [0.4, 0.5) is 0 Å². The molecule has 0 amide bonds. The summed E-state index contributed by atoms with van der Waals surface area (Å²) in [6.07, 6.45) is 1.47. The number of hydrogen-bond acceptors (Lipinski definition) is 4. The summed E-state index contributed by atoms with van der Waals surface area (Å²) in [5.41, 5.74) is 0.748. The summed E-state index contributed by atoms with van der Waals surface area (Å²) in [5.74, 6) is -1.14. The zero-order chi connectivity index (χ0) is 14.6. The maximum atomic E-state index is 12.2. The van der Waals surface area contributed by atoms with Crippen molar-refractivity contribution in [3.63, 3.8) is 0 Å². The summed E-state index contributed by atoms with van der Waals surface area (Å²) in [6.45, 7) is 0.717. The summed E-state index contributed by atoms with van der Waals surface area (Å²) < 4.78 is 25.5. The van der Waals surface area contributed by atoms with Crippen molar-refractivity contribution in [2.75, 3.05) is 19.6 Å². The highest BCUT2D eigenvalue weighted by Gasteiger charge is 2.35. The zero-order valence-electron chi connectivity index (χ0n) is 10.8. The number of piperazine rings is 1. The summed E-state index contributed by atoms with van der Waals surface area (Å²) in [5, 5.41) is 13.0. The Labute approximate surface area is 117 Å². The van der Waals surface area contributed by atoms with Gasteiger partial charge in [0.05, 0.1) is 0 Å². The molecule has 1 saturated heterocycles. The average Bonchev–Trinajstić information content (AvgIpc) is 2.46. The summed E-state index contributed by atoms with van der Waals surface area (Å²) in [7, 11) is -3.74. The highest BCUT2D eigenvalue weighted by Crippen LogP contribution is 2.13. The Kier molecular flexibility index (Phi) is 4.53. The van der Waals surface area contributed by atoms with Crippen molar-refractivity contribution in [3.05, 3.63) is 41.3 Å². The lowest BCUT2D eigenvalue weighted by atomic mass is 10.2. The number of sulfonamides is 1. The maximum absolute atomic E-state index is 12.2. The first kappa shape index (κ1) is 14.7. The molecular formula is C13H16N2O4S. The van der Waals surface area contributed by atoms with E-state index in [0.717, 1.165) is 15.3 Å². The van der Waals surface area contributed by atoms with Crippen molar-refractivity contribution >= 4 is 22.1 Å². The van der Waals surface area contributed by atoms with E-state index in [4.69, 9.17) is 5.11 Å². The number of nitrogens with one attached hydrogen (secondary N) is 1. The number of benzene rings is 1. The molecule has 1 aromatic carbocycles. The van der Waals surface area contributed by atoms with Gasteiger partial charge in [0.15, 0.2) is 0 Å². The van der Waals surface area contributed by atoms with E-state index in [1.54, 1.807) is 24.3 Å². The average molecular weight is 296 g/mol.